The number of benzene rings is 1. The lowest BCUT2D eigenvalue weighted by Crippen LogP contribution is -2.32. The molecule has 0 atom stereocenters. The first-order valence-electron chi connectivity index (χ1n) is 13.3. The van der Waals surface area contributed by atoms with Gasteiger partial charge in [0.25, 0.3) is 5.91 Å². The third-order valence-electron chi connectivity index (χ3n) is 7.32. The maximum absolute atomic E-state index is 13.8. The van der Waals surface area contributed by atoms with E-state index in [-0.39, 0.29) is 23.6 Å². The summed E-state index contributed by atoms with van der Waals surface area (Å²) in [7, 11) is 0. The van der Waals surface area contributed by atoms with Crippen molar-refractivity contribution in [2.45, 2.75) is 65.6 Å². The van der Waals surface area contributed by atoms with Crippen molar-refractivity contribution in [3.63, 3.8) is 0 Å². The molecule has 206 valence electrons. The second-order valence-corrected chi connectivity index (χ2v) is 9.98. The van der Waals surface area contributed by atoms with Crippen molar-refractivity contribution in [1.29, 1.82) is 0 Å². The molecule has 1 saturated carbocycles. The molecule has 3 aromatic heterocycles. The summed E-state index contributed by atoms with van der Waals surface area (Å²) >= 11 is 0. The average Bonchev–Trinajstić information content (AvgIpc) is 3.62. The average molecular weight is 540 g/mol. The van der Waals surface area contributed by atoms with Crippen molar-refractivity contribution < 1.29 is 18.0 Å². The van der Waals surface area contributed by atoms with Crippen molar-refractivity contribution in [2.75, 3.05) is 18.4 Å². The van der Waals surface area contributed by atoms with Crippen LogP contribution in [0.3, 0.4) is 0 Å². The van der Waals surface area contributed by atoms with Crippen molar-refractivity contribution >= 4 is 28.6 Å². The first-order chi connectivity index (χ1) is 18.6. The highest BCUT2D eigenvalue weighted by Crippen LogP contribution is 2.36. The molecule has 1 fully saturated rings. The topological polar surface area (TPSA) is 80.9 Å². The molecule has 0 unspecified atom stereocenters. The number of rotatable bonds is 7. The van der Waals surface area contributed by atoms with Gasteiger partial charge in [0.2, 0.25) is 5.95 Å². The van der Waals surface area contributed by atoms with Crippen LogP contribution < -0.4 is 5.32 Å². The Hall–Kier alpha value is -3.89. The number of carbonyl (C=O) groups is 1. The molecule has 39 heavy (non-hydrogen) atoms. The van der Waals surface area contributed by atoms with Gasteiger partial charge in [-0.05, 0) is 64.8 Å². The number of alkyl halides is 3. The van der Waals surface area contributed by atoms with Crippen LogP contribution in [-0.2, 0) is 6.18 Å². The van der Waals surface area contributed by atoms with E-state index in [0.717, 1.165) is 43.2 Å². The predicted molar refractivity (Wildman–Crippen MR) is 144 cm³/mol. The molecule has 1 amide bonds. The molecule has 8 nitrogen and oxygen atoms in total. The summed E-state index contributed by atoms with van der Waals surface area (Å²) in [5.74, 6) is 0.675. The van der Waals surface area contributed by atoms with Crippen LogP contribution in [0, 0.1) is 13.8 Å². The normalized spacial score (nSPS) is 14.3. The zero-order chi connectivity index (χ0) is 27.9. The fraction of sp³-hybridized carbons (Fsp3) is 0.429. The third kappa shape index (κ3) is 5.22. The Morgan fingerprint density at radius 1 is 1.08 bits per heavy atom. The number of imidazole rings is 1. The molecule has 1 N–H and O–H groups in total. The number of carbonyl (C=O) groups excluding carboxylic acids is 1. The van der Waals surface area contributed by atoms with Crippen LogP contribution in [0.1, 0.15) is 73.1 Å². The molecule has 0 spiro atoms. The number of fused-ring (bicyclic) bond motifs is 1. The second kappa shape index (κ2) is 10.3. The summed E-state index contributed by atoms with van der Waals surface area (Å²) < 4.78 is 45.1. The van der Waals surface area contributed by atoms with E-state index < -0.39 is 11.7 Å². The van der Waals surface area contributed by atoms with E-state index in [2.05, 4.69) is 15.3 Å². The van der Waals surface area contributed by atoms with Crippen LogP contribution in [0.15, 0.2) is 36.7 Å². The fourth-order valence-electron chi connectivity index (χ4n) is 5.43. The molecule has 1 aliphatic rings. The number of nitrogens with zero attached hydrogens (tertiary/aromatic N) is 6. The van der Waals surface area contributed by atoms with Crippen LogP contribution in [0.4, 0.5) is 24.8 Å². The summed E-state index contributed by atoms with van der Waals surface area (Å²) in [6, 6.07) is 5.71. The Bertz CT molecular complexity index is 1510. The number of hydrogen-bond donors (Lipinski definition) is 1. The summed E-state index contributed by atoms with van der Waals surface area (Å²) in [5.41, 5.74) is 1.60. The van der Waals surface area contributed by atoms with Gasteiger partial charge < -0.3 is 19.4 Å². The molecule has 4 aromatic rings. The smallest absolute Gasteiger partial charge is 0.338 e. The Morgan fingerprint density at radius 2 is 1.79 bits per heavy atom. The minimum absolute atomic E-state index is 0.0621. The lowest BCUT2D eigenvalue weighted by Gasteiger charge is -2.22. The summed E-state index contributed by atoms with van der Waals surface area (Å²) in [4.78, 5) is 28.6. The Balaban J connectivity index is 1.58. The van der Waals surface area contributed by atoms with Gasteiger partial charge in [0, 0.05) is 48.3 Å². The predicted octanol–water partition coefficient (Wildman–Crippen LogP) is 6.59. The van der Waals surface area contributed by atoms with Gasteiger partial charge in [-0.25, -0.2) is 9.97 Å². The molecular formula is C28H32F3N7O. The minimum Gasteiger partial charge on any atom is -0.338 e. The van der Waals surface area contributed by atoms with E-state index in [4.69, 9.17) is 4.98 Å². The highest BCUT2D eigenvalue weighted by Gasteiger charge is 2.32. The molecule has 0 aliphatic heterocycles. The molecule has 0 saturated heterocycles. The van der Waals surface area contributed by atoms with Crippen molar-refractivity contribution in [2.24, 2.45) is 0 Å². The van der Waals surface area contributed by atoms with Crippen molar-refractivity contribution in [3.05, 3.63) is 59.4 Å². The van der Waals surface area contributed by atoms with Gasteiger partial charge in [-0.1, -0.05) is 12.8 Å². The number of aromatic nitrogens is 5. The van der Waals surface area contributed by atoms with Gasteiger partial charge in [-0.2, -0.15) is 18.2 Å². The molecular weight excluding hydrogens is 507 g/mol. The first-order valence-corrected chi connectivity index (χ1v) is 13.3. The van der Waals surface area contributed by atoms with E-state index in [1.165, 1.54) is 0 Å². The van der Waals surface area contributed by atoms with Crippen LogP contribution in [-0.4, -0.2) is 48.0 Å². The van der Waals surface area contributed by atoms with Crippen LogP contribution >= 0.6 is 0 Å². The number of hydrogen-bond acceptors (Lipinski definition) is 5. The number of nitrogens with one attached hydrogen (secondary N) is 1. The number of amides is 1. The first kappa shape index (κ1) is 26.7. The van der Waals surface area contributed by atoms with E-state index in [1.54, 1.807) is 41.8 Å². The Kier molecular flexibility index (Phi) is 7.09. The summed E-state index contributed by atoms with van der Waals surface area (Å²) in [6.07, 6.45) is 2.79. The summed E-state index contributed by atoms with van der Waals surface area (Å²) in [5, 5.41) is 3.70. The molecule has 3 heterocycles. The second-order valence-electron chi connectivity index (χ2n) is 9.98. The minimum atomic E-state index is -4.54. The number of aryl methyl sites for hydroxylation is 2. The number of anilines is 2. The number of halogens is 3. The molecule has 1 aromatic carbocycles. The third-order valence-corrected chi connectivity index (χ3v) is 7.32. The van der Waals surface area contributed by atoms with Crippen LogP contribution in [0.25, 0.3) is 16.7 Å². The standard InChI is InChI=1S/C28H32F3N7O/c1-5-36(6-2)26(39)24-11-19-15-32-27(35-25(19)38(24)22-9-7-8-10-22)34-21-12-20(28(29,30)31)13-23(14-21)37-16-17(3)33-18(37)4/h11-16,22H,5-10H2,1-4H3,(H,32,34,35). The summed E-state index contributed by atoms with van der Waals surface area (Å²) in [6.45, 7) is 8.61. The van der Waals surface area contributed by atoms with Crippen molar-refractivity contribution in [3.8, 4) is 5.69 Å². The molecule has 11 heteroatoms. The monoisotopic (exact) mass is 539 g/mol. The molecule has 0 bridgehead atoms. The molecule has 1 aliphatic carbocycles. The zero-order valence-corrected chi connectivity index (χ0v) is 22.5. The fourth-order valence-corrected chi connectivity index (χ4v) is 5.43. The highest BCUT2D eigenvalue weighted by atomic mass is 19.4. The zero-order valence-electron chi connectivity index (χ0n) is 22.5. The Labute approximate surface area is 224 Å². The van der Waals surface area contributed by atoms with Crippen LogP contribution in [0.5, 0.6) is 0 Å². The van der Waals surface area contributed by atoms with Gasteiger partial charge in [0.1, 0.15) is 17.2 Å². The van der Waals surface area contributed by atoms with Gasteiger partial charge in [0.15, 0.2) is 0 Å². The largest absolute Gasteiger partial charge is 0.416 e. The Morgan fingerprint density at radius 3 is 2.41 bits per heavy atom. The van der Waals surface area contributed by atoms with E-state index in [1.807, 2.05) is 24.5 Å². The van der Waals surface area contributed by atoms with E-state index >= 15 is 0 Å². The highest BCUT2D eigenvalue weighted by molar-refractivity contribution is 5.98. The van der Waals surface area contributed by atoms with Crippen molar-refractivity contribution in [1.82, 2.24) is 29.0 Å². The van der Waals surface area contributed by atoms with E-state index in [0.29, 0.717) is 41.6 Å². The quantitative estimate of drug-likeness (QED) is 0.286. The van der Waals surface area contributed by atoms with Gasteiger partial charge in [0.05, 0.1) is 11.3 Å². The van der Waals surface area contributed by atoms with E-state index in [9.17, 15) is 18.0 Å². The molecule has 0 radical (unpaired) electrons. The van der Waals surface area contributed by atoms with Gasteiger partial charge >= 0.3 is 6.18 Å². The lowest BCUT2D eigenvalue weighted by atomic mass is 10.1. The van der Waals surface area contributed by atoms with Gasteiger partial charge in [-0.15, -0.1) is 0 Å². The molecule has 5 rings (SSSR count). The SMILES string of the molecule is CCN(CC)C(=O)c1cc2cnc(Nc3cc(-n4cc(C)nc4C)cc(C(F)(F)F)c3)nc2n1C1CCCC1. The maximum Gasteiger partial charge on any atom is 0.416 e. The van der Waals surface area contributed by atoms with Gasteiger partial charge in [-0.3, -0.25) is 4.79 Å². The lowest BCUT2D eigenvalue weighted by molar-refractivity contribution is -0.137. The maximum atomic E-state index is 13.8. The van der Waals surface area contributed by atoms with Crippen LogP contribution in [0.2, 0.25) is 0 Å².